The number of alkyl halides is 1. The predicted octanol–water partition coefficient (Wildman–Crippen LogP) is 1.63. The Labute approximate surface area is 72.9 Å². The Bertz CT molecular complexity index is 274. The zero-order valence-corrected chi connectivity index (χ0v) is 7.10. The summed E-state index contributed by atoms with van der Waals surface area (Å²) in [5.74, 6) is -0.855. The molecule has 0 fully saturated rings. The minimum atomic E-state index is -0.855. The van der Waals surface area contributed by atoms with E-state index in [1.54, 1.807) is 0 Å². The minimum absolute atomic E-state index is 0.0548. The molecule has 3 nitrogen and oxygen atoms in total. The maximum Gasteiger partial charge on any atom is 0.303 e. The Kier molecular flexibility index (Phi) is 3.16. The van der Waals surface area contributed by atoms with Crippen LogP contribution in [0.2, 0.25) is 0 Å². The summed E-state index contributed by atoms with van der Waals surface area (Å²) in [6.07, 6.45) is 1.89. The van der Waals surface area contributed by atoms with Crippen molar-refractivity contribution in [3.8, 4) is 0 Å². The molecule has 0 saturated heterocycles. The van der Waals surface area contributed by atoms with Crippen LogP contribution in [0.25, 0.3) is 0 Å². The molecule has 0 aliphatic rings. The molecule has 1 N–H and O–H groups in total. The van der Waals surface area contributed by atoms with E-state index in [2.05, 4.69) is 4.98 Å². The highest BCUT2D eigenvalue weighted by Crippen LogP contribution is 2.15. The average Bonchev–Trinajstić information content (AvgIpc) is 2.48. The zero-order chi connectivity index (χ0) is 8.97. The third-order valence-corrected chi connectivity index (χ3v) is 2.31. The standard InChI is InChI=1S/C7H8FNO2S/c8-3-5-4-9-6(12-5)1-2-7(10)11/h4H,1-3H2,(H,10,11). The van der Waals surface area contributed by atoms with Crippen molar-refractivity contribution >= 4 is 17.3 Å². The number of aliphatic carboxylic acids is 1. The molecule has 1 heterocycles. The van der Waals surface area contributed by atoms with E-state index >= 15 is 0 Å². The van der Waals surface area contributed by atoms with E-state index in [0.29, 0.717) is 16.3 Å². The van der Waals surface area contributed by atoms with Crippen LogP contribution in [-0.4, -0.2) is 16.1 Å². The second-order valence-corrected chi connectivity index (χ2v) is 3.45. The fourth-order valence-corrected chi connectivity index (χ4v) is 1.51. The molecule has 0 amide bonds. The Morgan fingerprint density at radius 2 is 2.50 bits per heavy atom. The number of aromatic nitrogens is 1. The van der Waals surface area contributed by atoms with Crippen LogP contribution in [0.4, 0.5) is 4.39 Å². The normalized spacial score (nSPS) is 10.1. The van der Waals surface area contributed by atoms with Gasteiger partial charge >= 0.3 is 5.97 Å². The van der Waals surface area contributed by atoms with E-state index in [0.717, 1.165) is 0 Å². The molecule has 0 spiro atoms. The number of carboxylic acid groups (broad SMARTS) is 1. The van der Waals surface area contributed by atoms with Crippen LogP contribution >= 0.6 is 11.3 Å². The molecule has 0 radical (unpaired) electrons. The lowest BCUT2D eigenvalue weighted by molar-refractivity contribution is -0.136. The molecule has 0 atom stereocenters. The highest BCUT2D eigenvalue weighted by molar-refractivity contribution is 7.11. The summed E-state index contributed by atoms with van der Waals surface area (Å²) in [5.41, 5.74) is 0. The third kappa shape index (κ3) is 2.58. The zero-order valence-electron chi connectivity index (χ0n) is 6.29. The van der Waals surface area contributed by atoms with Gasteiger partial charge in [0.1, 0.15) is 6.67 Å². The first-order chi connectivity index (χ1) is 5.72. The number of aryl methyl sites for hydroxylation is 1. The van der Waals surface area contributed by atoms with Gasteiger partial charge in [0.25, 0.3) is 0 Å². The fraction of sp³-hybridized carbons (Fsp3) is 0.429. The number of thiazole rings is 1. The highest BCUT2D eigenvalue weighted by atomic mass is 32.1. The quantitative estimate of drug-likeness (QED) is 0.783. The van der Waals surface area contributed by atoms with Crippen LogP contribution in [0.5, 0.6) is 0 Å². The second kappa shape index (κ2) is 4.15. The minimum Gasteiger partial charge on any atom is -0.481 e. The lowest BCUT2D eigenvalue weighted by Crippen LogP contribution is -1.96. The van der Waals surface area contributed by atoms with Crippen molar-refractivity contribution in [3.63, 3.8) is 0 Å². The van der Waals surface area contributed by atoms with Crippen LogP contribution in [0.15, 0.2) is 6.20 Å². The van der Waals surface area contributed by atoms with Crippen LogP contribution in [0.1, 0.15) is 16.3 Å². The molecule has 0 unspecified atom stereocenters. The van der Waals surface area contributed by atoms with Crippen molar-refractivity contribution in [2.45, 2.75) is 19.5 Å². The Morgan fingerprint density at radius 3 is 3.00 bits per heavy atom. The summed E-state index contributed by atoms with van der Waals surface area (Å²) >= 11 is 1.23. The Balaban J connectivity index is 2.47. The van der Waals surface area contributed by atoms with Gasteiger partial charge in [0.2, 0.25) is 0 Å². The number of hydrogen-bond acceptors (Lipinski definition) is 3. The Hall–Kier alpha value is -0.970. The van der Waals surface area contributed by atoms with Crippen LogP contribution in [0, 0.1) is 0 Å². The van der Waals surface area contributed by atoms with Crippen molar-refractivity contribution < 1.29 is 14.3 Å². The summed E-state index contributed by atoms with van der Waals surface area (Å²) in [7, 11) is 0. The molecule has 1 rings (SSSR count). The van der Waals surface area contributed by atoms with Gasteiger partial charge in [-0.15, -0.1) is 11.3 Å². The molecule has 1 aromatic rings. The van der Waals surface area contributed by atoms with Crippen LogP contribution in [-0.2, 0) is 17.9 Å². The van der Waals surface area contributed by atoms with Crippen molar-refractivity contribution in [1.82, 2.24) is 4.98 Å². The first-order valence-corrected chi connectivity index (χ1v) is 4.25. The highest BCUT2D eigenvalue weighted by Gasteiger charge is 2.03. The molecule has 5 heteroatoms. The smallest absolute Gasteiger partial charge is 0.303 e. The summed E-state index contributed by atoms with van der Waals surface area (Å²) < 4.78 is 12.0. The molecule has 66 valence electrons. The van der Waals surface area contributed by atoms with E-state index in [1.165, 1.54) is 17.5 Å². The molecule has 12 heavy (non-hydrogen) atoms. The molecule has 0 aliphatic carbocycles. The van der Waals surface area contributed by atoms with Crippen LogP contribution in [0.3, 0.4) is 0 Å². The fourth-order valence-electron chi connectivity index (χ4n) is 0.739. The van der Waals surface area contributed by atoms with Gasteiger partial charge in [0.15, 0.2) is 0 Å². The van der Waals surface area contributed by atoms with Crippen molar-refractivity contribution in [3.05, 3.63) is 16.1 Å². The van der Waals surface area contributed by atoms with E-state index in [4.69, 9.17) is 5.11 Å². The van der Waals surface area contributed by atoms with E-state index in [-0.39, 0.29) is 6.42 Å². The van der Waals surface area contributed by atoms with E-state index in [1.807, 2.05) is 0 Å². The predicted molar refractivity (Wildman–Crippen MR) is 42.9 cm³/mol. The first-order valence-electron chi connectivity index (χ1n) is 3.43. The molecule has 0 aliphatic heterocycles. The number of nitrogens with zero attached hydrogens (tertiary/aromatic N) is 1. The number of carboxylic acids is 1. The lowest BCUT2D eigenvalue weighted by atomic mass is 10.3. The maximum atomic E-state index is 12.0. The molecule has 0 aromatic carbocycles. The second-order valence-electron chi connectivity index (χ2n) is 2.25. The summed E-state index contributed by atoms with van der Waals surface area (Å²) in [5, 5.41) is 9.03. The van der Waals surface area contributed by atoms with Gasteiger partial charge in [-0.25, -0.2) is 9.37 Å². The number of rotatable bonds is 4. The molecule has 0 bridgehead atoms. The molecular weight excluding hydrogens is 181 g/mol. The third-order valence-electron chi connectivity index (χ3n) is 1.29. The van der Waals surface area contributed by atoms with Gasteiger partial charge in [-0.3, -0.25) is 4.79 Å². The van der Waals surface area contributed by atoms with Gasteiger partial charge in [-0.1, -0.05) is 0 Å². The van der Waals surface area contributed by atoms with Crippen molar-refractivity contribution in [2.24, 2.45) is 0 Å². The summed E-state index contributed by atoms with van der Waals surface area (Å²) in [6, 6.07) is 0. The summed E-state index contributed by atoms with van der Waals surface area (Å²) in [4.78, 5) is 14.6. The van der Waals surface area contributed by atoms with Gasteiger partial charge in [-0.05, 0) is 0 Å². The molecule has 1 aromatic heterocycles. The van der Waals surface area contributed by atoms with Crippen molar-refractivity contribution in [1.29, 1.82) is 0 Å². The van der Waals surface area contributed by atoms with Crippen molar-refractivity contribution in [2.75, 3.05) is 0 Å². The topological polar surface area (TPSA) is 50.2 Å². The monoisotopic (exact) mass is 189 g/mol. The van der Waals surface area contributed by atoms with Gasteiger partial charge < -0.3 is 5.11 Å². The summed E-state index contributed by atoms with van der Waals surface area (Å²) in [6.45, 7) is -0.523. The molecule has 0 saturated carbocycles. The SMILES string of the molecule is O=C(O)CCc1ncc(CF)s1. The Morgan fingerprint density at radius 1 is 1.75 bits per heavy atom. The maximum absolute atomic E-state index is 12.0. The number of halogens is 1. The number of carbonyl (C=O) groups is 1. The van der Waals surface area contributed by atoms with E-state index in [9.17, 15) is 9.18 Å². The number of hydrogen-bond donors (Lipinski definition) is 1. The van der Waals surface area contributed by atoms with Gasteiger partial charge in [0.05, 0.1) is 16.3 Å². The largest absolute Gasteiger partial charge is 0.481 e. The van der Waals surface area contributed by atoms with Gasteiger partial charge in [0, 0.05) is 12.6 Å². The van der Waals surface area contributed by atoms with Gasteiger partial charge in [-0.2, -0.15) is 0 Å². The first kappa shape index (κ1) is 9.12. The lowest BCUT2D eigenvalue weighted by Gasteiger charge is -1.89. The average molecular weight is 189 g/mol. The van der Waals surface area contributed by atoms with E-state index < -0.39 is 12.6 Å². The van der Waals surface area contributed by atoms with Crippen LogP contribution < -0.4 is 0 Å². The molecular formula is C7H8FNO2S.